The molecule has 0 aliphatic heterocycles. The van der Waals surface area contributed by atoms with Gasteiger partial charge in [0.25, 0.3) is 0 Å². The molecule has 0 saturated heterocycles. The van der Waals surface area contributed by atoms with Crippen LogP contribution in [0.15, 0.2) is 16.5 Å². The summed E-state index contributed by atoms with van der Waals surface area (Å²) >= 11 is 0. The molecule has 0 saturated carbocycles. The van der Waals surface area contributed by atoms with Crippen molar-refractivity contribution in [3.63, 3.8) is 0 Å². The van der Waals surface area contributed by atoms with E-state index in [1.165, 1.54) is 0 Å². The minimum absolute atomic E-state index is 0.00513. The molecule has 4 heteroatoms. The molecule has 1 rings (SSSR count). The summed E-state index contributed by atoms with van der Waals surface area (Å²) < 4.78 is 5.42. The van der Waals surface area contributed by atoms with Crippen LogP contribution in [-0.4, -0.2) is 5.91 Å². The minimum Gasteiger partial charge on any atom is -0.464 e. The molecule has 0 spiro atoms. The highest BCUT2D eigenvalue weighted by atomic mass is 16.3. The van der Waals surface area contributed by atoms with Crippen molar-refractivity contribution in [1.82, 2.24) is 5.32 Å². The maximum absolute atomic E-state index is 11.8. The predicted octanol–water partition coefficient (Wildman–Crippen LogP) is 2.56. The molecule has 1 amide bonds. The van der Waals surface area contributed by atoms with E-state index >= 15 is 0 Å². The van der Waals surface area contributed by atoms with Crippen LogP contribution in [0.2, 0.25) is 0 Å². The third-order valence-corrected chi connectivity index (χ3v) is 2.63. The maximum atomic E-state index is 11.8. The number of nitriles is 1. The summed E-state index contributed by atoms with van der Waals surface area (Å²) in [6.45, 7) is 7.40. The van der Waals surface area contributed by atoms with Gasteiger partial charge in [0.05, 0.1) is 12.1 Å². The van der Waals surface area contributed by atoms with Crippen LogP contribution in [0.25, 0.3) is 0 Å². The fraction of sp³-hybridized carbons (Fsp3) is 0.538. The molecule has 0 bridgehead atoms. The van der Waals surface area contributed by atoms with E-state index in [9.17, 15) is 4.79 Å². The molecule has 1 aromatic rings. The van der Waals surface area contributed by atoms with Gasteiger partial charge in [0.2, 0.25) is 5.91 Å². The lowest BCUT2D eigenvalue weighted by atomic mass is 9.96. The molecule has 2 atom stereocenters. The first-order valence-corrected chi connectivity index (χ1v) is 5.72. The summed E-state index contributed by atoms with van der Waals surface area (Å²) in [5.41, 5.74) is 0. The van der Waals surface area contributed by atoms with Gasteiger partial charge in [-0.15, -0.1) is 0 Å². The Bertz CT molecular complexity index is 429. The second-order valence-electron chi connectivity index (χ2n) is 4.53. The van der Waals surface area contributed by atoms with Crippen LogP contribution in [-0.2, 0) is 4.79 Å². The van der Waals surface area contributed by atoms with Gasteiger partial charge in [-0.3, -0.25) is 4.79 Å². The van der Waals surface area contributed by atoms with E-state index in [0.29, 0.717) is 5.76 Å². The molecular weight excluding hydrogens is 216 g/mol. The Morgan fingerprint density at radius 1 is 1.41 bits per heavy atom. The van der Waals surface area contributed by atoms with Gasteiger partial charge in [-0.2, -0.15) is 5.26 Å². The van der Waals surface area contributed by atoms with Gasteiger partial charge in [-0.1, -0.05) is 13.8 Å². The third-order valence-electron chi connectivity index (χ3n) is 2.63. The molecule has 0 fully saturated rings. The summed E-state index contributed by atoms with van der Waals surface area (Å²) in [5.74, 6) is 0.654. The minimum atomic E-state index is -0.617. The molecule has 17 heavy (non-hydrogen) atoms. The van der Waals surface area contributed by atoms with Crippen molar-refractivity contribution in [1.29, 1.82) is 5.26 Å². The zero-order chi connectivity index (χ0) is 13.0. The van der Waals surface area contributed by atoms with Crippen LogP contribution in [0.5, 0.6) is 0 Å². The highest BCUT2D eigenvalue weighted by Crippen LogP contribution is 2.17. The molecule has 1 aromatic heterocycles. The number of carbonyl (C=O) groups is 1. The van der Waals surface area contributed by atoms with Crippen LogP contribution >= 0.6 is 0 Å². The van der Waals surface area contributed by atoms with Gasteiger partial charge in [-0.25, -0.2) is 0 Å². The van der Waals surface area contributed by atoms with Crippen molar-refractivity contribution in [2.24, 2.45) is 11.8 Å². The summed E-state index contributed by atoms with van der Waals surface area (Å²) in [5, 5.41) is 11.7. The number of amides is 1. The van der Waals surface area contributed by atoms with Crippen molar-refractivity contribution in [3.05, 3.63) is 23.7 Å². The number of rotatable bonds is 4. The lowest BCUT2D eigenvalue weighted by Crippen LogP contribution is -2.34. The zero-order valence-corrected chi connectivity index (χ0v) is 10.7. The highest BCUT2D eigenvalue weighted by Gasteiger charge is 2.23. The van der Waals surface area contributed by atoms with Gasteiger partial charge in [0.15, 0.2) is 0 Å². The van der Waals surface area contributed by atoms with Gasteiger partial charge in [0.1, 0.15) is 17.4 Å². The highest BCUT2D eigenvalue weighted by molar-refractivity contribution is 5.81. The molecule has 2 unspecified atom stereocenters. The molecule has 1 heterocycles. The topological polar surface area (TPSA) is 66.0 Å². The first-order valence-electron chi connectivity index (χ1n) is 5.72. The fourth-order valence-corrected chi connectivity index (χ4v) is 1.57. The summed E-state index contributed by atoms with van der Waals surface area (Å²) in [6.07, 6.45) is 0. The van der Waals surface area contributed by atoms with Gasteiger partial charge in [-0.05, 0) is 31.9 Å². The van der Waals surface area contributed by atoms with Crippen LogP contribution in [0, 0.1) is 30.1 Å². The molecular formula is C13H18N2O2. The van der Waals surface area contributed by atoms with Crippen LogP contribution < -0.4 is 5.32 Å². The number of carbonyl (C=O) groups excluding carboxylic acids is 1. The van der Waals surface area contributed by atoms with Crippen molar-refractivity contribution in [3.8, 4) is 6.07 Å². The standard InChI is InChI=1S/C13H18N2O2/c1-8(2)11(7-14)13(16)15-10(4)12-6-5-9(3)17-12/h5-6,8,10-11H,1-4H3,(H,15,16). The van der Waals surface area contributed by atoms with Crippen molar-refractivity contribution in [2.45, 2.75) is 33.7 Å². The van der Waals surface area contributed by atoms with Gasteiger partial charge in [0, 0.05) is 0 Å². The number of hydrogen-bond donors (Lipinski definition) is 1. The van der Waals surface area contributed by atoms with Crippen LogP contribution in [0.1, 0.15) is 38.3 Å². The molecule has 0 radical (unpaired) electrons. The Morgan fingerprint density at radius 3 is 2.47 bits per heavy atom. The van der Waals surface area contributed by atoms with Crippen molar-refractivity contribution >= 4 is 5.91 Å². The lowest BCUT2D eigenvalue weighted by molar-refractivity contribution is -0.125. The van der Waals surface area contributed by atoms with E-state index in [-0.39, 0.29) is 17.9 Å². The summed E-state index contributed by atoms with van der Waals surface area (Å²) in [7, 11) is 0. The van der Waals surface area contributed by atoms with Crippen LogP contribution in [0.3, 0.4) is 0 Å². The second-order valence-corrected chi connectivity index (χ2v) is 4.53. The first-order chi connectivity index (χ1) is 7.95. The van der Waals surface area contributed by atoms with Gasteiger partial charge >= 0.3 is 0 Å². The van der Waals surface area contributed by atoms with E-state index < -0.39 is 5.92 Å². The van der Waals surface area contributed by atoms with Crippen LogP contribution in [0.4, 0.5) is 0 Å². The normalized spacial score (nSPS) is 14.1. The first kappa shape index (κ1) is 13.3. The van der Waals surface area contributed by atoms with Gasteiger partial charge < -0.3 is 9.73 Å². The van der Waals surface area contributed by atoms with E-state index in [2.05, 4.69) is 5.32 Å². The molecule has 1 N–H and O–H groups in total. The zero-order valence-electron chi connectivity index (χ0n) is 10.7. The number of nitrogens with zero attached hydrogens (tertiary/aromatic N) is 1. The van der Waals surface area contributed by atoms with Crippen molar-refractivity contribution in [2.75, 3.05) is 0 Å². The van der Waals surface area contributed by atoms with E-state index in [1.54, 1.807) is 0 Å². The third kappa shape index (κ3) is 3.35. The Labute approximate surface area is 102 Å². The quantitative estimate of drug-likeness (QED) is 0.870. The molecule has 4 nitrogen and oxygen atoms in total. The summed E-state index contributed by atoms with van der Waals surface area (Å²) in [4.78, 5) is 11.8. The largest absolute Gasteiger partial charge is 0.464 e. The molecule has 0 aliphatic rings. The SMILES string of the molecule is Cc1ccc(C(C)NC(=O)C(C#N)C(C)C)o1. The maximum Gasteiger partial charge on any atom is 0.238 e. The lowest BCUT2D eigenvalue weighted by Gasteiger charge is -2.16. The monoisotopic (exact) mass is 234 g/mol. The molecule has 0 aliphatic carbocycles. The van der Waals surface area contributed by atoms with E-state index in [4.69, 9.17) is 9.68 Å². The smallest absolute Gasteiger partial charge is 0.238 e. The average molecular weight is 234 g/mol. The average Bonchev–Trinajstić information content (AvgIpc) is 2.65. The van der Waals surface area contributed by atoms with Crippen molar-refractivity contribution < 1.29 is 9.21 Å². The Balaban J connectivity index is 2.66. The fourth-order valence-electron chi connectivity index (χ4n) is 1.57. The number of furan rings is 1. The molecule has 0 aromatic carbocycles. The number of nitrogens with one attached hydrogen (secondary N) is 1. The Morgan fingerprint density at radius 2 is 2.06 bits per heavy atom. The Kier molecular flexibility index (Phi) is 4.33. The summed E-state index contributed by atoms with van der Waals surface area (Å²) in [6, 6.07) is 5.48. The van der Waals surface area contributed by atoms with E-state index in [1.807, 2.05) is 45.9 Å². The molecule has 92 valence electrons. The number of hydrogen-bond acceptors (Lipinski definition) is 3. The van der Waals surface area contributed by atoms with E-state index in [0.717, 1.165) is 5.76 Å². The predicted molar refractivity (Wildman–Crippen MR) is 63.9 cm³/mol. The number of aryl methyl sites for hydroxylation is 1. The Hall–Kier alpha value is -1.76. The second kappa shape index (κ2) is 5.53.